The minimum absolute atomic E-state index is 0.0270. The Hall–Kier alpha value is -4.13. The van der Waals surface area contributed by atoms with E-state index in [0.29, 0.717) is 5.69 Å². The summed E-state index contributed by atoms with van der Waals surface area (Å²) in [6.45, 7) is 0.143. The van der Waals surface area contributed by atoms with Crippen molar-refractivity contribution in [1.29, 1.82) is 0 Å². The molecule has 0 fully saturated rings. The fourth-order valence-electron chi connectivity index (χ4n) is 2.59. The lowest BCUT2D eigenvalue weighted by Gasteiger charge is -2.11. The Balaban J connectivity index is 1.63. The summed E-state index contributed by atoms with van der Waals surface area (Å²) in [5.74, 6) is -1.67. The van der Waals surface area contributed by atoms with Gasteiger partial charge in [-0.2, -0.15) is 0 Å². The molecular formula is C22H18N2O5. The van der Waals surface area contributed by atoms with Crippen molar-refractivity contribution in [2.24, 2.45) is 0 Å². The molecule has 0 saturated heterocycles. The monoisotopic (exact) mass is 390 g/mol. The number of anilines is 2. The minimum atomic E-state index is -1.15. The molecule has 0 saturated carbocycles. The zero-order valence-electron chi connectivity index (χ0n) is 15.3. The van der Waals surface area contributed by atoms with E-state index in [-0.39, 0.29) is 23.4 Å². The van der Waals surface area contributed by atoms with Crippen molar-refractivity contribution in [2.45, 2.75) is 6.61 Å². The SMILES string of the molecule is O=C(Nc1cccc(C(=O)OCc2ccccc2)c1)Nc1ccccc1C(=O)O. The molecule has 3 aromatic rings. The van der Waals surface area contributed by atoms with Crippen LogP contribution in [0, 0.1) is 0 Å². The van der Waals surface area contributed by atoms with Gasteiger partial charge < -0.3 is 20.5 Å². The van der Waals surface area contributed by atoms with Gasteiger partial charge in [-0.3, -0.25) is 0 Å². The lowest BCUT2D eigenvalue weighted by Crippen LogP contribution is -2.21. The van der Waals surface area contributed by atoms with Crippen LogP contribution in [0.4, 0.5) is 16.2 Å². The third-order valence-electron chi connectivity index (χ3n) is 3.97. The molecule has 0 aliphatic heterocycles. The van der Waals surface area contributed by atoms with E-state index in [1.807, 2.05) is 30.3 Å². The third kappa shape index (κ3) is 5.43. The van der Waals surface area contributed by atoms with Crippen molar-refractivity contribution in [3.63, 3.8) is 0 Å². The quantitative estimate of drug-likeness (QED) is 0.542. The zero-order valence-corrected chi connectivity index (χ0v) is 15.3. The van der Waals surface area contributed by atoms with Gasteiger partial charge in [0.2, 0.25) is 0 Å². The second-order valence-corrected chi connectivity index (χ2v) is 6.07. The zero-order chi connectivity index (χ0) is 20.6. The Morgan fingerprint density at radius 2 is 1.55 bits per heavy atom. The van der Waals surface area contributed by atoms with E-state index in [0.717, 1.165) is 5.56 Å². The molecule has 0 aromatic heterocycles. The number of urea groups is 1. The van der Waals surface area contributed by atoms with Gasteiger partial charge in [0.25, 0.3) is 0 Å². The second-order valence-electron chi connectivity index (χ2n) is 6.07. The second kappa shape index (κ2) is 9.18. The van der Waals surface area contributed by atoms with Crippen molar-refractivity contribution in [3.05, 3.63) is 95.6 Å². The van der Waals surface area contributed by atoms with Gasteiger partial charge in [-0.15, -0.1) is 0 Å². The predicted molar refractivity (Wildman–Crippen MR) is 108 cm³/mol. The van der Waals surface area contributed by atoms with Gasteiger partial charge in [0.1, 0.15) is 6.61 Å². The molecule has 0 radical (unpaired) electrons. The first-order valence-corrected chi connectivity index (χ1v) is 8.74. The highest BCUT2D eigenvalue weighted by molar-refractivity contribution is 6.05. The van der Waals surface area contributed by atoms with Crippen LogP contribution in [0.1, 0.15) is 26.3 Å². The van der Waals surface area contributed by atoms with Gasteiger partial charge in [0.15, 0.2) is 0 Å². The number of carbonyl (C=O) groups is 3. The summed E-state index contributed by atoms with van der Waals surface area (Å²) < 4.78 is 5.28. The number of carboxylic acids is 1. The molecule has 0 aliphatic rings. The Kier molecular flexibility index (Phi) is 6.22. The van der Waals surface area contributed by atoms with Crippen molar-refractivity contribution in [2.75, 3.05) is 10.6 Å². The highest BCUT2D eigenvalue weighted by Crippen LogP contribution is 2.17. The van der Waals surface area contributed by atoms with Crippen molar-refractivity contribution in [1.82, 2.24) is 0 Å². The Morgan fingerprint density at radius 3 is 2.31 bits per heavy atom. The van der Waals surface area contributed by atoms with Gasteiger partial charge in [-0.25, -0.2) is 14.4 Å². The summed E-state index contributed by atoms with van der Waals surface area (Å²) in [4.78, 5) is 35.7. The van der Waals surface area contributed by atoms with Gasteiger partial charge >= 0.3 is 18.0 Å². The van der Waals surface area contributed by atoms with E-state index >= 15 is 0 Å². The molecule has 146 valence electrons. The molecular weight excluding hydrogens is 372 g/mol. The largest absolute Gasteiger partial charge is 0.478 e. The van der Waals surface area contributed by atoms with Gasteiger partial charge in [-0.1, -0.05) is 48.5 Å². The first-order chi connectivity index (χ1) is 14.0. The Morgan fingerprint density at radius 1 is 0.828 bits per heavy atom. The summed E-state index contributed by atoms with van der Waals surface area (Å²) in [6, 6.07) is 21.0. The highest BCUT2D eigenvalue weighted by atomic mass is 16.5. The fraction of sp³-hybridized carbons (Fsp3) is 0.0455. The summed E-state index contributed by atoms with van der Waals surface area (Å²) in [5, 5.41) is 14.2. The maximum atomic E-state index is 12.3. The Labute approximate surface area is 166 Å². The number of carboxylic acid groups (broad SMARTS) is 1. The number of rotatable bonds is 6. The topological polar surface area (TPSA) is 105 Å². The first-order valence-electron chi connectivity index (χ1n) is 8.74. The molecule has 0 atom stereocenters. The summed E-state index contributed by atoms with van der Waals surface area (Å²) in [5.41, 5.74) is 1.65. The average molecular weight is 390 g/mol. The van der Waals surface area contributed by atoms with Crippen LogP contribution in [-0.4, -0.2) is 23.1 Å². The number of hydrogen-bond donors (Lipinski definition) is 3. The smallest absolute Gasteiger partial charge is 0.338 e. The van der Waals surface area contributed by atoms with Crippen LogP contribution in [0.25, 0.3) is 0 Å². The van der Waals surface area contributed by atoms with Gasteiger partial charge in [0, 0.05) is 5.69 Å². The van der Waals surface area contributed by atoms with Crippen molar-refractivity contribution >= 4 is 29.3 Å². The van der Waals surface area contributed by atoms with Crippen molar-refractivity contribution in [3.8, 4) is 0 Å². The van der Waals surface area contributed by atoms with E-state index in [4.69, 9.17) is 4.74 Å². The summed E-state index contributed by atoms with van der Waals surface area (Å²) in [6.07, 6.45) is 0. The molecule has 2 amide bonds. The van der Waals surface area contributed by atoms with Gasteiger partial charge in [-0.05, 0) is 35.9 Å². The third-order valence-corrected chi connectivity index (χ3v) is 3.97. The summed E-state index contributed by atoms with van der Waals surface area (Å²) >= 11 is 0. The molecule has 3 N–H and O–H groups in total. The normalized spacial score (nSPS) is 10.1. The van der Waals surface area contributed by atoms with Crippen LogP contribution in [-0.2, 0) is 11.3 Å². The van der Waals surface area contributed by atoms with E-state index in [1.165, 1.54) is 18.2 Å². The molecule has 0 unspecified atom stereocenters. The van der Waals surface area contributed by atoms with E-state index in [9.17, 15) is 19.5 Å². The maximum absolute atomic E-state index is 12.3. The highest BCUT2D eigenvalue weighted by Gasteiger charge is 2.13. The molecule has 7 heteroatoms. The number of para-hydroxylation sites is 1. The average Bonchev–Trinajstić information content (AvgIpc) is 2.73. The molecule has 3 rings (SSSR count). The Bertz CT molecular complexity index is 1030. The number of hydrogen-bond acceptors (Lipinski definition) is 4. The van der Waals surface area contributed by atoms with Crippen LogP contribution >= 0.6 is 0 Å². The van der Waals surface area contributed by atoms with Crippen molar-refractivity contribution < 1.29 is 24.2 Å². The number of esters is 1. The first kappa shape index (κ1) is 19.6. The van der Waals surface area contributed by atoms with Crippen LogP contribution in [0.15, 0.2) is 78.9 Å². The summed E-state index contributed by atoms with van der Waals surface area (Å²) in [7, 11) is 0. The van der Waals surface area contributed by atoms with Crippen LogP contribution in [0.2, 0.25) is 0 Å². The fourth-order valence-corrected chi connectivity index (χ4v) is 2.59. The predicted octanol–water partition coefficient (Wildman–Crippen LogP) is 4.39. The molecule has 0 spiro atoms. The number of aromatic carboxylic acids is 1. The molecule has 0 aliphatic carbocycles. The number of benzene rings is 3. The molecule has 29 heavy (non-hydrogen) atoms. The molecule has 0 bridgehead atoms. The molecule has 3 aromatic carbocycles. The van der Waals surface area contributed by atoms with Crippen LogP contribution in [0.5, 0.6) is 0 Å². The standard InChI is InChI=1S/C22H18N2O5/c25-20(26)18-11-4-5-12-19(18)24-22(28)23-17-10-6-9-16(13-17)21(27)29-14-15-7-2-1-3-8-15/h1-13H,14H2,(H,25,26)(H2,23,24,28). The van der Waals surface area contributed by atoms with E-state index in [1.54, 1.807) is 30.3 Å². The number of ether oxygens (including phenoxy) is 1. The van der Waals surface area contributed by atoms with Crippen LogP contribution in [0.3, 0.4) is 0 Å². The van der Waals surface area contributed by atoms with Gasteiger partial charge in [0.05, 0.1) is 16.8 Å². The number of nitrogens with one attached hydrogen (secondary N) is 2. The number of carbonyl (C=O) groups excluding carboxylic acids is 2. The number of amides is 2. The minimum Gasteiger partial charge on any atom is -0.478 e. The molecule has 0 heterocycles. The maximum Gasteiger partial charge on any atom is 0.338 e. The van der Waals surface area contributed by atoms with Crippen LogP contribution < -0.4 is 10.6 Å². The lowest BCUT2D eigenvalue weighted by molar-refractivity contribution is 0.0472. The van der Waals surface area contributed by atoms with E-state index < -0.39 is 18.0 Å². The van der Waals surface area contributed by atoms with E-state index in [2.05, 4.69) is 10.6 Å². The lowest BCUT2D eigenvalue weighted by atomic mass is 10.2. The molecule has 7 nitrogen and oxygen atoms in total.